The molecule has 0 bridgehead atoms. The second kappa shape index (κ2) is 24.6. The van der Waals surface area contributed by atoms with Gasteiger partial charge in [-0.2, -0.15) is 65.9 Å². The average molecular weight is 957 g/mol. The highest BCUT2D eigenvalue weighted by Gasteiger charge is 2.46. The van der Waals surface area contributed by atoms with E-state index in [-0.39, 0.29) is 94.5 Å². The molecule has 0 spiro atoms. The normalized spacial score (nSPS) is 16.1. The Kier molecular flexibility index (Phi) is 21.4. The molecule has 0 atom stereocenters. The molecule has 0 saturated carbocycles. The summed E-state index contributed by atoms with van der Waals surface area (Å²) in [6, 6.07) is 6.40. The number of carbonyl (C=O) groups is 5. The molecule has 1 fully saturated rings. The quantitative estimate of drug-likeness (QED) is 0.178. The standard InChI is InChI=1S/C36H47F15N8O5/c37-32(38,39)27(60)53-10-1-9-52-12-18-55(13-2-11-54-28(61)33(40,41)42)23-25-5-7-26(8-6-25)24-56-14-3-15-58(30(63)35(46,47)48)21-22-59(31(64)36(49,50)51)17-4-16-57(20-19-56)29(62)34(43,44)45/h5-8,52H,1-4,9-24H2,(H,53,60)(H,54,61). The Hall–Kier alpha value is -4.60. The fraction of sp³-hybridized carbons (Fsp3) is 0.694. The maximum Gasteiger partial charge on any atom is 0.471 e. The number of amides is 5. The van der Waals surface area contributed by atoms with Crippen LogP contribution in [-0.2, 0) is 37.1 Å². The molecular formula is C36H47F15N8O5. The van der Waals surface area contributed by atoms with Gasteiger partial charge in [0.25, 0.3) is 0 Å². The molecule has 1 heterocycles. The Morgan fingerprint density at radius 1 is 0.469 bits per heavy atom. The van der Waals surface area contributed by atoms with Crippen LogP contribution in [0.3, 0.4) is 0 Å². The lowest BCUT2D eigenvalue weighted by Gasteiger charge is -2.32. The molecule has 366 valence electrons. The van der Waals surface area contributed by atoms with Crippen LogP contribution < -0.4 is 16.0 Å². The first-order valence-corrected chi connectivity index (χ1v) is 19.5. The van der Waals surface area contributed by atoms with Crippen molar-refractivity contribution in [1.82, 2.24) is 40.4 Å². The van der Waals surface area contributed by atoms with Gasteiger partial charge < -0.3 is 30.7 Å². The molecule has 2 rings (SSSR count). The van der Waals surface area contributed by atoms with Crippen molar-refractivity contribution in [2.24, 2.45) is 0 Å². The zero-order valence-electron chi connectivity index (χ0n) is 33.9. The minimum Gasteiger partial charge on any atom is -0.348 e. The van der Waals surface area contributed by atoms with Gasteiger partial charge in [-0.25, -0.2) is 0 Å². The van der Waals surface area contributed by atoms with E-state index in [0.29, 0.717) is 16.0 Å². The van der Waals surface area contributed by atoms with Crippen molar-refractivity contribution in [2.45, 2.75) is 69.7 Å². The molecule has 0 aliphatic carbocycles. The third kappa shape index (κ3) is 20.5. The van der Waals surface area contributed by atoms with Gasteiger partial charge in [0.05, 0.1) is 0 Å². The highest BCUT2D eigenvalue weighted by molar-refractivity contribution is 5.84. The number of nitrogens with zero attached hydrogens (tertiary/aromatic N) is 5. The molecular weight excluding hydrogens is 909 g/mol. The van der Waals surface area contributed by atoms with Gasteiger partial charge in [0, 0.05) is 98.2 Å². The summed E-state index contributed by atoms with van der Waals surface area (Å²) in [7, 11) is 0. The molecule has 64 heavy (non-hydrogen) atoms. The lowest BCUT2D eigenvalue weighted by atomic mass is 10.1. The first-order chi connectivity index (χ1) is 29.5. The van der Waals surface area contributed by atoms with Crippen molar-refractivity contribution in [3.05, 3.63) is 35.4 Å². The third-order valence-corrected chi connectivity index (χ3v) is 9.38. The van der Waals surface area contributed by atoms with Crippen LogP contribution in [0, 0.1) is 0 Å². The second-order valence-corrected chi connectivity index (χ2v) is 14.4. The molecule has 0 aromatic heterocycles. The topological polar surface area (TPSA) is 138 Å². The van der Waals surface area contributed by atoms with Gasteiger partial charge in [0.1, 0.15) is 0 Å². The Morgan fingerprint density at radius 3 is 1.31 bits per heavy atom. The summed E-state index contributed by atoms with van der Waals surface area (Å²) in [4.78, 5) is 62.6. The molecule has 1 aliphatic rings. The minimum atomic E-state index is -5.51. The lowest BCUT2D eigenvalue weighted by molar-refractivity contribution is -0.189. The summed E-state index contributed by atoms with van der Waals surface area (Å²) >= 11 is 0. The van der Waals surface area contributed by atoms with Gasteiger partial charge in [-0.05, 0) is 43.4 Å². The fourth-order valence-electron chi connectivity index (χ4n) is 6.21. The predicted octanol–water partition coefficient (Wildman–Crippen LogP) is 3.98. The molecule has 1 aromatic carbocycles. The van der Waals surface area contributed by atoms with E-state index in [2.05, 4.69) is 5.32 Å². The number of hydrogen-bond acceptors (Lipinski definition) is 8. The molecule has 3 N–H and O–H groups in total. The summed E-state index contributed by atoms with van der Waals surface area (Å²) in [5.74, 6) is -11.5. The maximum absolute atomic E-state index is 13.6. The molecule has 5 amide bonds. The first-order valence-electron chi connectivity index (χ1n) is 19.5. The molecule has 1 saturated heterocycles. The summed E-state index contributed by atoms with van der Waals surface area (Å²) in [5.41, 5.74) is 1.13. The van der Waals surface area contributed by atoms with Crippen LogP contribution in [0.4, 0.5) is 65.9 Å². The van der Waals surface area contributed by atoms with Crippen LogP contribution in [0.2, 0.25) is 0 Å². The Morgan fingerprint density at radius 2 is 0.875 bits per heavy atom. The van der Waals surface area contributed by atoms with Gasteiger partial charge in [0.2, 0.25) is 0 Å². The molecule has 28 heteroatoms. The lowest BCUT2D eigenvalue weighted by Crippen LogP contribution is -2.50. The van der Waals surface area contributed by atoms with E-state index < -0.39 is 106 Å². The Labute approximate surface area is 356 Å². The summed E-state index contributed by atoms with van der Waals surface area (Å²) in [6.45, 7) is -5.35. The molecule has 1 aromatic rings. The Bertz CT molecular complexity index is 1660. The zero-order chi connectivity index (χ0) is 48.5. The van der Waals surface area contributed by atoms with E-state index in [9.17, 15) is 89.8 Å². The van der Waals surface area contributed by atoms with Crippen molar-refractivity contribution >= 4 is 29.5 Å². The molecule has 0 unspecified atom stereocenters. The van der Waals surface area contributed by atoms with Crippen LogP contribution >= 0.6 is 0 Å². The summed E-state index contributed by atoms with van der Waals surface area (Å²) in [6.07, 6.45) is -27.2. The van der Waals surface area contributed by atoms with Crippen molar-refractivity contribution < 1.29 is 89.8 Å². The zero-order valence-corrected chi connectivity index (χ0v) is 33.9. The van der Waals surface area contributed by atoms with Gasteiger partial charge in [-0.3, -0.25) is 33.8 Å². The van der Waals surface area contributed by atoms with Crippen molar-refractivity contribution in [3.8, 4) is 0 Å². The van der Waals surface area contributed by atoms with Gasteiger partial charge in [-0.1, -0.05) is 24.3 Å². The summed E-state index contributed by atoms with van der Waals surface area (Å²) < 4.78 is 196. The summed E-state index contributed by atoms with van der Waals surface area (Å²) in [5, 5.41) is 6.41. The van der Waals surface area contributed by atoms with Crippen molar-refractivity contribution in [2.75, 3.05) is 91.6 Å². The number of hydrogen-bond donors (Lipinski definition) is 3. The van der Waals surface area contributed by atoms with E-state index in [0.717, 1.165) is 0 Å². The number of nitrogens with one attached hydrogen (secondary N) is 3. The van der Waals surface area contributed by atoms with Gasteiger partial charge >= 0.3 is 60.4 Å². The highest BCUT2D eigenvalue weighted by Crippen LogP contribution is 2.23. The first kappa shape index (κ1) is 55.5. The number of benzene rings is 1. The SMILES string of the molecule is O=C(NCCCNCCN(CCCNC(=O)C(F)(F)F)Cc1ccc(CN2CCCN(C(=O)C(F)(F)F)CCN(C(=O)C(F)(F)F)CCCN(C(=O)C(F)(F)F)CC2)cc1)C(F)(F)F. The van der Waals surface area contributed by atoms with E-state index in [1.54, 1.807) is 39.8 Å². The van der Waals surface area contributed by atoms with E-state index >= 15 is 0 Å². The third-order valence-electron chi connectivity index (χ3n) is 9.38. The smallest absolute Gasteiger partial charge is 0.348 e. The fourth-order valence-corrected chi connectivity index (χ4v) is 6.21. The number of carbonyl (C=O) groups excluding carboxylic acids is 5. The van der Waals surface area contributed by atoms with Crippen LogP contribution in [0.25, 0.3) is 0 Å². The van der Waals surface area contributed by atoms with E-state index in [1.807, 2.05) is 0 Å². The van der Waals surface area contributed by atoms with Crippen LogP contribution in [0.5, 0.6) is 0 Å². The molecule has 1 aliphatic heterocycles. The monoisotopic (exact) mass is 956 g/mol. The van der Waals surface area contributed by atoms with Gasteiger partial charge in [0.15, 0.2) is 0 Å². The predicted molar refractivity (Wildman–Crippen MR) is 194 cm³/mol. The van der Waals surface area contributed by atoms with Crippen molar-refractivity contribution in [1.29, 1.82) is 0 Å². The number of halogens is 15. The minimum absolute atomic E-state index is 0.0571. The van der Waals surface area contributed by atoms with E-state index in [4.69, 9.17) is 0 Å². The largest absolute Gasteiger partial charge is 0.471 e. The Balaban J connectivity index is 2.24. The molecule has 13 nitrogen and oxygen atoms in total. The maximum atomic E-state index is 13.6. The number of rotatable bonds is 15. The van der Waals surface area contributed by atoms with Gasteiger partial charge in [-0.15, -0.1) is 0 Å². The average Bonchev–Trinajstić information content (AvgIpc) is 3.17. The van der Waals surface area contributed by atoms with E-state index in [1.165, 1.54) is 4.90 Å². The molecule has 0 radical (unpaired) electrons. The highest BCUT2D eigenvalue weighted by atomic mass is 19.4. The van der Waals surface area contributed by atoms with Crippen LogP contribution in [-0.4, -0.2) is 177 Å². The van der Waals surface area contributed by atoms with Crippen LogP contribution in [0.15, 0.2) is 24.3 Å². The van der Waals surface area contributed by atoms with Crippen LogP contribution in [0.1, 0.15) is 36.8 Å². The number of alkyl halides is 15. The van der Waals surface area contributed by atoms with Crippen molar-refractivity contribution in [3.63, 3.8) is 0 Å². The second-order valence-electron chi connectivity index (χ2n) is 14.4.